The third-order valence-corrected chi connectivity index (χ3v) is 2.81. The van der Waals surface area contributed by atoms with E-state index in [0.29, 0.717) is 25.0 Å². The van der Waals surface area contributed by atoms with Crippen molar-refractivity contribution in [3.63, 3.8) is 0 Å². The van der Waals surface area contributed by atoms with Gasteiger partial charge in [-0.1, -0.05) is 13.8 Å². The van der Waals surface area contributed by atoms with E-state index in [4.69, 9.17) is 4.74 Å². The maximum Gasteiger partial charge on any atom is 0.319 e. The molecule has 0 saturated carbocycles. The Morgan fingerprint density at radius 2 is 2.13 bits per heavy atom. The largest absolute Gasteiger partial charge is 0.381 e. The van der Waals surface area contributed by atoms with E-state index < -0.39 is 6.55 Å². The predicted molar refractivity (Wildman–Crippen MR) is 97.4 cm³/mol. The molecule has 1 aromatic heterocycles. The lowest BCUT2D eigenvalue weighted by Gasteiger charge is -2.13. The van der Waals surface area contributed by atoms with Crippen LogP contribution in [0.15, 0.2) is 17.4 Å². The zero-order chi connectivity index (χ0) is 16.4. The van der Waals surface area contributed by atoms with Gasteiger partial charge in [0.2, 0.25) is 0 Å². The molecule has 0 aliphatic rings. The van der Waals surface area contributed by atoms with Crippen LogP contribution in [-0.2, 0) is 11.3 Å². The Morgan fingerprint density at radius 1 is 1.39 bits per heavy atom. The van der Waals surface area contributed by atoms with Gasteiger partial charge in [0.25, 0.3) is 0 Å². The monoisotopic (exact) mass is 445 g/mol. The van der Waals surface area contributed by atoms with E-state index in [1.54, 1.807) is 7.05 Å². The van der Waals surface area contributed by atoms with Crippen LogP contribution in [0.2, 0.25) is 0 Å². The Hall–Kier alpha value is -0.970. The van der Waals surface area contributed by atoms with Crippen molar-refractivity contribution in [3.8, 4) is 0 Å². The first-order valence-corrected chi connectivity index (χ1v) is 7.36. The third kappa shape index (κ3) is 9.04. The maximum absolute atomic E-state index is 12.7. The van der Waals surface area contributed by atoms with Crippen molar-refractivity contribution in [2.45, 2.75) is 33.4 Å². The van der Waals surface area contributed by atoms with Crippen molar-refractivity contribution >= 4 is 29.9 Å². The molecule has 0 aliphatic heterocycles. The number of nitrogens with zero attached hydrogens (tertiary/aromatic N) is 3. The van der Waals surface area contributed by atoms with E-state index >= 15 is 0 Å². The van der Waals surface area contributed by atoms with E-state index in [1.807, 2.05) is 0 Å². The topological polar surface area (TPSA) is 63.5 Å². The quantitative estimate of drug-likeness (QED) is 0.266. The summed E-state index contributed by atoms with van der Waals surface area (Å²) < 4.78 is 31.7. The van der Waals surface area contributed by atoms with Crippen LogP contribution < -0.4 is 10.6 Å². The number of halogens is 3. The van der Waals surface area contributed by atoms with Crippen molar-refractivity contribution in [2.75, 3.05) is 26.8 Å². The highest BCUT2D eigenvalue weighted by atomic mass is 127. The number of hydrogen-bond donors (Lipinski definition) is 2. The van der Waals surface area contributed by atoms with Crippen LogP contribution in [0, 0.1) is 5.92 Å². The average Bonchev–Trinajstić information content (AvgIpc) is 2.94. The summed E-state index contributed by atoms with van der Waals surface area (Å²) in [6, 6.07) is 0. The molecule has 0 atom stereocenters. The van der Waals surface area contributed by atoms with Crippen LogP contribution in [0.1, 0.15) is 32.6 Å². The smallest absolute Gasteiger partial charge is 0.319 e. The van der Waals surface area contributed by atoms with Gasteiger partial charge in [0.05, 0.1) is 6.54 Å². The van der Waals surface area contributed by atoms with Gasteiger partial charge in [-0.05, 0) is 12.3 Å². The van der Waals surface area contributed by atoms with Gasteiger partial charge in [-0.2, -0.15) is 8.78 Å². The molecular weight excluding hydrogens is 419 g/mol. The van der Waals surface area contributed by atoms with Crippen LogP contribution in [0.3, 0.4) is 0 Å². The number of nitrogens with one attached hydrogen (secondary N) is 2. The number of hydrogen-bond acceptors (Lipinski definition) is 3. The van der Waals surface area contributed by atoms with Gasteiger partial charge in [0.15, 0.2) is 5.96 Å². The van der Waals surface area contributed by atoms with Gasteiger partial charge >= 0.3 is 6.55 Å². The molecule has 0 bridgehead atoms. The number of aliphatic imine (C=N–C) groups is 1. The molecule has 1 aromatic rings. The lowest BCUT2D eigenvalue weighted by molar-refractivity contribution is 0.0668. The standard InChI is InChI=1S/C14H25F2N5O.HI/c1-11(2)10-22-8-4-5-19-14(17-3)20-9-12-18-6-7-21(12)13(15)16;/h6-7,11,13H,4-5,8-10H2,1-3H3,(H2,17,19,20);1H. The lowest BCUT2D eigenvalue weighted by Crippen LogP contribution is -2.38. The summed E-state index contributed by atoms with van der Waals surface area (Å²) >= 11 is 0. The molecular formula is C14H26F2IN5O. The van der Waals surface area contributed by atoms with Gasteiger partial charge in [-0.25, -0.2) is 4.98 Å². The number of ether oxygens (including phenoxy) is 1. The molecule has 0 unspecified atom stereocenters. The Balaban J connectivity index is 0.00000484. The highest BCUT2D eigenvalue weighted by Crippen LogP contribution is 2.11. The fraction of sp³-hybridized carbons (Fsp3) is 0.714. The van der Waals surface area contributed by atoms with Crippen LogP contribution >= 0.6 is 24.0 Å². The van der Waals surface area contributed by atoms with Crippen molar-refractivity contribution in [2.24, 2.45) is 10.9 Å². The molecule has 1 rings (SSSR count). The number of rotatable bonds is 9. The van der Waals surface area contributed by atoms with E-state index in [-0.39, 0.29) is 36.3 Å². The van der Waals surface area contributed by atoms with E-state index in [1.165, 1.54) is 12.4 Å². The third-order valence-electron chi connectivity index (χ3n) is 2.81. The van der Waals surface area contributed by atoms with Gasteiger partial charge in [0.1, 0.15) is 5.82 Å². The average molecular weight is 445 g/mol. The Morgan fingerprint density at radius 3 is 2.74 bits per heavy atom. The SMILES string of the molecule is CN=C(NCCCOCC(C)C)NCc1nccn1C(F)F.I. The first-order valence-electron chi connectivity index (χ1n) is 7.36. The minimum atomic E-state index is -2.59. The van der Waals surface area contributed by atoms with Crippen LogP contribution in [0.4, 0.5) is 8.78 Å². The Kier molecular flexibility index (Phi) is 11.9. The maximum atomic E-state index is 12.7. The lowest BCUT2D eigenvalue weighted by atomic mass is 10.2. The van der Waals surface area contributed by atoms with Crippen LogP contribution in [-0.4, -0.2) is 42.3 Å². The minimum Gasteiger partial charge on any atom is -0.381 e. The first-order chi connectivity index (χ1) is 10.5. The van der Waals surface area contributed by atoms with E-state index in [2.05, 4.69) is 34.5 Å². The molecule has 9 heteroatoms. The van der Waals surface area contributed by atoms with Gasteiger partial charge in [-0.3, -0.25) is 9.56 Å². The second kappa shape index (κ2) is 12.5. The second-order valence-electron chi connectivity index (χ2n) is 5.20. The first kappa shape index (κ1) is 22.0. The molecule has 0 amide bonds. The molecule has 0 radical (unpaired) electrons. The van der Waals surface area contributed by atoms with E-state index in [0.717, 1.165) is 17.6 Å². The summed E-state index contributed by atoms with van der Waals surface area (Å²) in [7, 11) is 1.63. The van der Waals surface area contributed by atoms with Crippen molar-refractivity contribution in [1.29, 1.82) is 0 Å². The van der Waals surface area contributed by atoms with Crippen molar-refractivity contribution < 1.29 is 13.5 Å². The zero-order valence-corrected chi connectivity index (χ0v) is 16.1. The number of aromatic nitrogens is 2. The highest BCUT2D eigenvalue weighted by molar-refractivity contribution is 14.0. The summed E-state index contributed by atoms with van der Waals surface area (Å²) in [6.45, 7) is 3.93. The summed E-state index contributed by atoms with van der Waals surface area (Å²) in [5.74, 6) is 1.34. The molecule has 23 heavy (non-hydrogen) atoms. The fourth-order valence-electron chi connectivity index (χ4n) is 1.74. The number of alkyl halides is 2. The molecule has 0 saturated heterocycles. The highest BCUT2D eigenvalue weighted by Gasteiger charge is 2.11. The molecule has 0 spiro atoms. The molecule has 0 aliphatic carbocycles. The molecule has 1 heterocycles. The van der Waals surface area contributed by atoms with Crippen molar-refractivity contribution in [3.05, 3.63) is 18.2 Å². The fourth-order valence-corrected chi connectivity index (χ4v) is 1.74. The second-order valence-corrected chi connectivity index (χ2v) is 5.20. The number of guanidine groups is 1. The Labute approximate surface area is 153 Å². The molecule has 0 fully saturated rings. The van der Waals surface area contributed by atoms with Crippen molar-refractivity contribution in [1.82, 2.24) is 20.2 Å². The van der Waals surface area contributed by atoms with Crippen LogP contribution in [0.25, 0.3) is 0 Å². The molecule has 6 nitrogen and oxygen atoms in total. The summed E-state index contributed by atoms with van der Waals surface area (Å²) in [5.41, 5.74) is 0. The molecule has 2 N–H and O–H groups in total. The molecule has 0 aromatic carbocycles. The summed E-state index contributed by atoms with van der Waals surface area (Å²) in [5, 5.41) is 6.06. The van der Waals surface area contributed by atoms with Gasteiger partial charge in [-0.15, -0.1) is 24.0 Å². The predicted octanol–water partition coefficient (Wildman–Crippen LogP) is 2.62. The van der Waals surface area contributed by atoms with Gasteiger partial charge in [0, 0.05) is 39.2 Å². The number of imidazole rings is 1. The summed E-state index contributed by atoms with van der Waals surface area (Å²) in [6.07, 6.45) is 3.45. The summed E-state index contributed by atoms with van der Waals surface area (Å²) in [4.78, 5) is 7.94. The normalized spacial score (nSPS) is 11.7. The van der Waals surface area contributed by atoms with Crippen LogP contribution in [0.5, 0.6) is 0 Å². The van der Waals surface area contributed by atoms with E-state index in [9.17, 15) is 8.78 Å². The van der Waals surface area contributed by atoms with Gasteiger partial charge < -0.3 is 15.4 Å². The molecule has 134 valence electrons. The minimum absolute atomic E-state index is 0. The zero-order valence-electron chi connectivity index (χ0n) is 13.8. The Bertz CT molecular complexity index is 454.